The van der Waals surface area contributed by atoms with Crippen molar-refractivity contribution in [2.24, 2.45) is 0 Å². The van der Waals surface area contributed by atoms with Gasteiger partial charge in [0.1, 0.15) is 9.84 Å². The molecule has 1 fully saturated rings. The van der Waals surface area contributed by atoms with E-state index in [1.54, 1.807) is 0 Å². The maximum absolute atomic E-state index is 11.2. The second-order valence-corrected chi connectivity index (χ2v) is 5.84. The van der Waals surface area contributed by atoms with E-state index >= 15 is 0 Å². The molecule has 2 rings (SSSR count). The molecule has 1 aromatic rings. The van der Waals surface area contributed by atoms with Crippen molar-refractivity contribution in [3.8, 4) is 0 Å². The number of rotatable bonds is 2. The van der Waals surface area contributed by atoms with Gasteiger partial charge in [-0.25, -0.2) is 8.42 Å². The Morgan fingerprint density at radius 3 is 2.53 bits per heavy atom. The fourth-order valence-electron chi connectivity index (χ4n) is 1.60. The van der Waals surface area contributed by atoms with E-state index < -0.39 is 9.84 Å². The van der Waals surface area contributed by atoms with Crippen molar-refractivity contribution in [2.45, 2.75) is 18.8 Å². The van der Waals surface area contributed by atoms with Crippen molar-refractivity contribution in [1.29, 1.82) is 0 Å². The van der Waals surface area contributed by atoms with Crippen LogP contribution in [0.3, 0.4) is 0 Å². The molecule has 1 aromatic heterocycles. The van der Waals surface area contributed by atoms with Crippen LogP contribution >= 0.6 is 0 Å². The Balaban J connectivity index is 2.10. The van der Waals surface area contributed by atoms with Crippen LogP contribution in [0.2, 0.25) is 0 Å². The third-order valence-corrected chi connectivity index (χ3v) is 4.18. The third kappa shape index (κ3) is 2.23. The van der Waals surface area contributed by atoms with Crippen LogP contribution < -0.4 is 0 Å². The molecule has 6 nitrogen and oxygen atoms in total. The summed E-state index contributed by atoms with van der Waals surface area (Å²) in [5, 5.41) is 3.44. The van der Waals surface area contributed by atoms with Crippen LogP contribution in [0.5, 0.6) is 0 Å². The van der Waals surface area contributed by atoms with Crippen molar-refractivity contribution >= 4 is 16.1 Å². The number of aldehydes is 1. The Morgan fingerprint density at radius 2 is 2.00 bits per heavy atom. The highest BCUT2D eigenvalue weighted by Crippen LogP contribution is 2.27. The lowest BCUT2D eigenvalue weighted by Gasteiger charge is -2.17. The number of carbonyl (C=O) groups is 1. The van der Waals surface area contributed by atoms with Gasteiger partial charge in [-0.1, -0.05) is 5.16 Å². The molecule has 0 aromatic carbocycles. The molecule has 1 aliphatic heterocycles. The molecular formula is C8H10N2O4S. The maximum Gasteiger partial charge on any atom is 0.235 e. The molecule has 0 unspecified atom stereocenters. The molecule has 0 amide bonds. The van der Waals surface area contributed by atoms with Crippen LogP contribution in [-0.2, 0) is 9.84 Å². The van der Waals surface area contributed by atoms with Gasteiger partial charge in [-0.15, -0.1) is 0 Å². The van der Waals surface area contributed by atoms with E-state index in [0.29, 0.717) is 25.0 Å². The van der Waals surface area contributed by atoms with E-state index in [1.165, 1.54) is 0 Å². The van der Waals surface area contributed by atoms with Crippen LogP contribution in [0, 0.1) is 0 Å². The van der Waals surface area contributed by atoms with Gasteiger partial charge >= 0.3 is 0 Å². The summed E-state index contributed by atoms with van der Waals surface area (Å²) in [5.41, 5.74) is 0. The van der Waals surface area contributed by atoms with E-state index in [0.717, 1.165) is 0 Å². The molecule has 0 atom stereocenters. The summed E-state index contributed by atoms with van der Waals surface area (Å²) >= 11 is 0. The summed E-state index contributed by atoms with van der Waals surface area (Å²) in [4.78, 5) is 14.2. The van der Waals surface area contributed by atoms with Crippen LogP contribution in [0.15, 0.2) is 4.52 Å². The van der Waals surface area contributed by atoms with Crippen molar-refractivity contribution in [1.82, 2.24) is 10.1 Å². The van der Waals surface area contributed by atoms with Gasteiger partial charge in [0.2, 0.25) is 11.7 Å². The highest BCUT2D eigenvalue weighted by atomic mass is 32.2. The van der Waals surface area contributed by atoms with Gasteiger partial charge in [-0.2, -0.15) is 4.98 Å². The minimum Gasteiger partial charge on any atom is -0.339 e. The average Bonchev–Trinajstić information content (AvgIpc) is 2.66. The summed E-state index contributed by atoms with van der Waals surface area (Å²) in [5.74, 6) is 0.646. The van der Waals surface area contributed by atoms with Crippen LogP contribution in [0.25, 0.3) is 0 Å². The van der Waals surface area contributed by atoms with E-state index in [2.05, 4.69) is 10.1 Å². The molecule has 0 aliphatic carbocycles. The van der Waals surface area contributed by atoms with Gasteiger partial charge in [0.15, 0.2) is 6.29 Å². The molecule has 82 valence electrons. The zero-order chi connectivity index (χ0) is 10.9. The van der Waals surface area contributed by atoms with Crippen LogP contribution in [-0.4, -0.2) is 36.4 Å². The lowest BCUT2D eigenvalue weighted by Crippen LogP contribution is -2.22. The van der Waals surface area contributed by atoms with Gasteiger partial charge in [-0.3, -0.25) is 4.79 Å². The smallest absolute Gasteiger partial charge is 0.235 e. The van der Waals surface area contributed by atoms with Crippen molar-refractivity contribution in [2.75, 3.05) is 11.5 Å². The number of carbonyl (C=O) groups excluding carboxylic acids is 1. The monoisotopic (exact) mass is 230 g/mol. The predicted molar refractivity (Wildman–Crippen MR) is 50.3 cm³/mol. The van der Waals surface area contributed by atoms with E-state index in [9.17, 15) is 13.2 Å². The summed E-state index contributed by atoms with van der Waals surface area (Å²) in [6.45, 7) is 0. The molecule has 2 heterocycles. The van der Waals surface area contributed by atoms with Crippen molar-refractivity contribution < 1.29 is 17.7 Å². The number of aromatic nitrogens is 2. The Kier molecular flexibility index (Phi) is 2.56. The minimum atomic E-state index is -2.88. The first-order valence-electron chi connectivity index (χ1n) is 4.60. The maximum atomic E-state index is 11.2. The molecule has 7 heteroatoms. The lowest BCUT2D eigenvalue weighted by atomic mass is 10.0. The van der Waals surface area contributed by atoms with Gasteiger partial charge in [0, 0.05) is 5.92 Å². The zero-order valence-corrected chi connectivity index (χ0v) is 8.74. The Labute approximate surface area is 86.6 Å². The second kappa shape index (κ2) is 3.73. The van der Waals surface area contributed by atoms with E-state index in [4.69, 9.17) is 4.52 Å². The first-order chi connectivity index (χ1) is 7.11. The summed E-state index contributed by atoms with van der Waals surface area (Å²) < 4.78 is 27.2. The highest BCUT2D eigenvalue weighted by molar-refractivity contribution is 7.91. The van der Waals surface area contributed by atoms with Crippen LogP contribution in [0.1, 0.15) is 35.3 Å². The Morgan fingerprint density at radius 1 is 1.33 bits per heavy atom. The summed E-state index contributed by atoms with van der Waals surface area (Å²) in [6.07, 6.45) is 1.48. The number of sulfone groups is 1. The predicted octanol–water partition coefficient (Wildman–Crippen LogP) is 0.174. The fraction of sp³-hybridized carbons (Fsp3) is 0.625. The largest absolute Gasteiger partial charge is 0.339 e. The SMILES string of the molecule is O=Cc1noc(C2CCS(=O)(=O)CC2)n1. The van der Waals surface area contributed by atoms with Crippen molar-refractivity contribution in [3.05, 3.63) is 11.7 Å². The Hall–Kier alpha value is -1.24. The fourth-order valence-corrected chi connectivity index (χ4v) is 3.09. The molecule has 0 saturated carbocycles. The van der Waals surface area contributed by atoms with E-state index in [1.807, 2.05) is 0 Å². The highest BCUT2D eigenvalue weighted by Gasteiger charge is 2.28. The molecule has 0 spiro atoms. The summed E-state index contributed by atoms with van der Waals surface area (Å²) in [7, 11) is -2.88. The van der Waals surface area contributed by atoms with Gasteiger partial charge in [0.05, 0.1) is 11.5 Å². The zero-order valence-electron chi connectivity index (χ0n) is 7.92. The Bertz CT molecular complexity index is 451. The van der Waals surface area contributed by atoms with Crippen LogP contribution in [0.4, 0.5) is 0 Å². The average molecular weight is 230 g/mol. The molecule has 1 saturated heterocycles. The quantitative estimate of drug-likeness (QED) is 0.673. The first kappa shape index (κ1) is 10.3. The molecule has 0 bridgehead atoms. The number of hydrogen-bond donors (Lipinski definition) is 0. The molecule has 0 N–H and O–H groups in total. The molecule has 15 heavy (non-hydrogen) atoms. The number of nitrogens with zero attached hydrogens (tertiary/aromatic N) is 2. The van der Waals surface area contributed by atoms with Gasteiger partial charge in [-0.05, 0) is 12.8 Å². The van der Waals surface area contributed by atoms with Crippen molar-refractivity contribution in [3.63, 3.8) is 0 Å². The molecular weight excluding hydrogens is 220 g/mol. The van der Waals surface area contributed by atoms with Gasteiger partial charge in [0.25, 0.3) is 0 Å². The first-order valence-corrected chi connectivity index (χ1v) is 6.42. The minimum absolute atomic E-state index is 0.0124. The lowest BCUT2D eigenvalue weighted by molar-refractivity contribution is 0.111. The number of hydrogen-bond acceptors (Lipinski definition) is 6. The topological polar surface area (TPSA) is 90.1 Å². The summed E-state index contributed by atoms with van der Waals surface area (Å²) in [6, 6.07) is 0. The normalized spacial score (nSPS) is 21.3. The standard InChI is InChI=1S/C8H10N2O4S/c11-5-7-9-8(14-10-7)6-1-3-15(12,13)4-2-6/h5-6H,1-4H2. The molecule has 0 radical (unpaired) electrons. The molecule has 1 aliphatic rings. The van der Waals surface area contributed by atoms with Gasteiger partial charge < -0.3 is 4.52 Å². The third-order valence-electron chi connectivity index (χ3n) is 2.47. The van der Waals surface area contributed by atoms with E-state index in [-0.39, 0.29) is 23.2 Å². The second-order valence-electron chi connectivity index (χ2n) is 3.53.